The Hall–Kier alpha value is -3.42. The van der Waals surface area contributed by atoms with E-state index in [-0.39, 0.29) is 19.3 Å². The average molecular weight is 492 g/mol. The highest BCUT2D eigenvalue weighted by molar-refractivity contribution is 5.98. The van der Waals surface area contributed by atoms with Crippen LogP contribution in [0.1, 0.15) is 94.0 Å². The molecule has 1 N–H and O–H groups in total. The Balaban J connectivity index is 0.00000320. The number of nitrogens with one attached hydrogen (secondary N) is 1. The molecule has 1 saturated carbocycles. The van der Waals surface area contributed by atoms with Gasteiger partial charge in [-0.05, 0) is 83.2 Å². The number of anilines is 2. The standard InChI is InChI=1S/C28H35N5O3.H2/c1-28(2,3)36-26(35)19-11-13-21(14-12-19)30-27-29-18-20-17-23(25(34)32-15-7-4-8-16-32)33(24(20)31-27)22-9-5-6-10-22;/h11-14,17-18,22H,4-10,15-16H2,1-3H3,(H,29,30,31);1H. The number of benzene rings is 1. The first-order chi connectivity index (χ1) is 17.3. The highest BCUT2D eigenvalue weighted by Gasteiger charge is 2.28. The van der Waals surface area contributed by atoms with Crippen molar-refractivity contribution in [2.24, 2.45) is 0 Å². The van der Waals surface area contributed by atoms with Crippen LogP contribution in [0.5, 0.6) is 0 Å². The summed E-state index contributed by atoms with van der Waals surface area (Å²) in [6.07, 6.45) is 9.56. The molecule has 5 rings (SSSR count). The third-order valence-corrected chi connectivity index (χ3v) is 6.90. The van der Waals surface area contributed by atoms with Gasteiger partial charge < -0.3 is 19.5 Å². The molecule has 1 amide bonds. The summed E-state index contributed by atoms with van der Waals surface area (Å²) in [5.41, 5.74) is 2.24. The lowest BCUT2D eigenvalue weighted by atomic mass is 10.1. The molecule has 0 atom stereocenters. The summed E-state index contributed by atoms with van der Waals surface area (Å²) in [6.45, 7) is 7.19. The number of likely N-dealkylation sites (tertiary alicyclic amines) is 1. The molecule has 8 nitrogen and oxygen atoms in total. The third kappa shape index (κ3) is 5.22. The Morgan fingerprint density at radius 2 is 1.72 bits per heavy atom. The van der Waals surface area contributed by atoms with Crippen molar-refractivity contribution in [3.05, 3.63) is 47.8 Å². The number of carbonyl (C=O) groups is 2. The van der Waals surface area contributed by atoms with Crippen LogP contribution >= 0.6 is 0 Å². The van der Waals surface area contributed by atoms with Gasteiger partial charge in [-0.1, -0.05) is 12.8 Å². The van der Waals surface area contributed by atoms with Crippen molar-refractivity contribution in [1.82, 2.24) is 19.4 Å². The molecule has 8 heteroatoms. The number of hydrogen-bond acceptors (Lipinski definition) is 6. The fourth-order valence-corrected chi connectivity index (χ4v) is 5.18. The van der Waals surface area contributed by atoms with E-state index >= 15 is 0 Å². The van der Waals surface area contributed by atoms with Gasteiger partial charge in [0, 0.05) is 37.8 Å². The van der Waals surface area contributed by atoms with Crippen molar-refractivity contribution in [2.45, 2.75) is 77.4 Å². The van der Waals surface area contributed by atoms with Crippen LogP contribution in [0.3, 0.4) is 0 Å². The number of nitrogens with zero attached hydrogens (tertiary/aromatic N) is 4. The second-order valence-corrected chi connectivity index (χ2v) is 10.9. The van der Waals surface area contributed by atoms with Gasteiger partial charge >= 0.3 is 5.97 Å². The van der Waals surface area contributed by atoms with Gasteiger partial charge in [0.05, 0.1) is 5.56 Å². The first-order valence-corrected chi connectivity index (χ1v) is 13.1. The maximum absolute atomic E-state index is 13.5. The Bertz CT molecular complexity index is 1250. The van der Waals surface area contributed by atoms with Crippen LogP contribution in [-0.4, -0.2) is 50.0 Å². The molecule has 2 aromatic heterocycles. The van der Waals surface area contributed by atoms with Crippen molar-refractivity contribution in [1.29, 1.82) is 0 Å². The topological polar surface area (TPSA) is 89.3 Å². The molecule has 2 fully saturated rings. The van der Waals surface area contributed by atoms with Gasteiger partial charge in [-0.15, -0.1) is 0 Å². The molecule has 1 aliphatic heterocycles. The Morgan fingerprint density at radius 3 is 2.39 bits per heavy atom. The number of esters is 1. The number of aromatic nitrogens is 3. The summed E-state index contributed by atoms with van der Waals surface area (Å²) in [5, 5.41) is 4.13. The molecule has 1 aliphatic carbocycles. The van der Waals surface area contributed by atoms with Crippen molar-refractivity contribution in [3.63, 3.8) is 0 Å². The van der Waals surface area contributed by atoms with Crippen molar-refractivity contribution in [3.8, 4) is 0 Å². The quantitative estimate of drug-likeness (QED) is 0.433. The number of ether oxygens (including phenoxy) is 1. The van der Waals surface area contributed by atoms with Gasteiger partial charge in [0.2, 0.25) is 5.95 Å². The van der Waals surface area contributed by atoms with Crippen LogP contribution in [0.2, 0.25) is 0 Å². The minimum atomic E-state index is -0.542. The van der Waals surface area contributed by atoms with E-state index < -0.39 is 5.60 Å². The molecule has 36 heavy (non-hydrogen) atoms. The number of amides is 1. The number of rotatable bonds is 5. The Labute approximate surface area is 213 Å². The van der Waals surface area contributed by atoms with Gasteiger partial charge in [0.1, 0.15) is 16.9 Å². The molecule has 192 valence electrons. The van der Waals surface area contributed by atoms with Gasteiger partial charge in [0.25, 0.3) is 5.91 Å². The zero-order valence-electron chi connectivity index (χ0n) is 21.4. The average Bonchev–Trinajstić information content (AvgIpc) is 3.51. The molecule has 0 spiro atoms. The molecule has 0 radical (unpaired) electrons. The second kappa shape index (κ2) is 9.91. The molecular weight excluding hydrogens is 454 g/mol. The monoisotopic (exact) mass is 491 g/mol. The molecule has 3 aromatic rings. The summed E-state index contributed by atoms with van der Waals surface area (Å²) in [4.78, 5) is 37.2. The number of piperidine rings is 1. The van der Waals surface area contributed by atoms with Crippen LogP contribution in [0.25, 0.3) is 11.0 Å². The maximum atomic E-state index is 13.5. The van der Waals surface area contributed by atoms with E-state index in [1.807, 2.05) is 43.9 Å². The SMILES string of the molecule is CC(C)(C)OC(=O)c1ccc(Nc2ncc3cc(C(=O)N4CCCCC4)n(C4CCCC4)c3n2)cc1.[HH]. The fourth-order valence-electron chi connectivity index (χ4n) is 5.18. The third-order valence-electron chi connectivity index (χ3n) is 6.90. The fraction of sp³-hybridized carbons (Fsp3) is 0.500. The summed E-state index contributed by atoms with van der Waals surface area (Å²) in [7, 11) is 0. The van der Waals surface area contributed by atoms with Crippen LogP contribution < -0.4 is 5.32 Å². The van der Waals surface area contributed by atoms with Gasteiger partial charge in [-0.3, -0.25) is 4.79 Å². The highest BCUT2D eigenvalue weighted by atomic mass is 16.6. The molecule has 0 bridgehead atoms. The highest BCUT2D eigenvalue weighted by Crippen LogP contribution is 2.35. The number of carbonyl (C=O) groups excluding carboxylic acids is 2. The minimum absolute atomic E-state index is 0. The Morgan fingerprint density at radius 1 is 1.03 bits per heavy atom. The summed E-state index contributed by atoms with van der Waals surface area (Å²) >= 11 is 0. The first kappa shape index (κ1) is 24.3. The van der Waals surface area contributed by atoms with Crippen molar-refractivity contribution >= 4 is 34.5 Å². The van der Waals surface area contributed by atoms with E-state index in [2.05, 4.69) is 14.9 Å². The van der Waals surface area contributed by atoms with E-state index in [1.54, 1.807) is 18.3 Å². The summed E-state index contributed by atoms with van der Waals surface area (Å²) < 4.78 is 7.60. The largest absolute Gasteiger partial charge is 0.456 e. The second-order valence-electron chi connectivity index (χ2n) is 10.9. The van der Waals surface area contributed by atoms with Gasteiger partial charge in [-0.25, -0.2) is 9.78 Å². The lowest BCUT2D eigenvalue weighted by molar-refractivity contribution is 0.00694. The van der Waals surface area contributed by atoms with E-state index in [1.165, 1.54) is 19.3 Å². The predicted octanol–water partition coefficient (Wildman–Crippen LogP) is 6.12. The molecular formula is C28H37N5O3. The number of fused-ring (bicyclic) bond motifs is 1. The zero-order chi connectivity index (χ0) is 25.3. The van der Waals surface area contributed by atoms with Crippen molar-refractivity contribution < 1.29 is 15.8 Å². The van der Waals surface area contributed by atoms with E-state index in [0.29, 0.717) is 11.5 Å². The Kier molecular flexibility index (Phi) is 6.69. The molecule has 0 unspecified atom stereocenters. The van der Waals surface area contributed by atoms with E-state index in [4.69, 9.17) is 9.72 Å². The predicted molar refractivity (Wildman–Crippen MR) is 142 cm³/mol. The van der Waals surface area contributed by atoms with Crippen molar-refractivity contribution in [2.75, 3.05) is 18.4 Å². The minimum Gasteiger partial charge on any atom is -0.456 e. The first-order valence-electron chi connectivity index (χ1n) is 13.1. The van der Waals surface area contributed by atoms with Crippen LogP contribution in [0.15, 0.2) is 36.5 Å². The van der Waals surface area contributed by atoms with E-state index in [9.17, 15) is 9.59 Å². The van der Waals surface area contributed by atoms with E-state index in [0.717, 1.165) is 61.2 Å². The van der Waals surface area contributed by atoms with Gasteiger partial charge in [-0.2, -0.15) is 4.98 Å². The smallest absolute Gasteiger partial charge is 0.338 e. The summed E-state index contributed by atoms with van der Waals surface area (Å²) in [5.74, 6) is 0.209. The van der Waals surface area contributed by atoms with Crippen LogP contribution in [0.4, 0.5) is 11.6 Å². The summed E-state index contributed by atoms with van der Waals surface area (Å²) in [6, 6.07) is 9.32. The molecule has 3 heterocycles. The lowest BCUT2D eigenvalue weighted by Gasteiger charge is -2.28. The lowest BCUT2D eigenvalue weighted by Crippen LogP contribution is -2.37. The van der Waals surface area contributed by atoms with Crippen LogP contribution in [-0.2, 0) is 4.74 Å². The molecule has 1 aromatic carbocycles. The molecule has 2 aliphatic rings. The zero-order valence-corrected chi connectivity index (χ0v) is 21.4. The van der Waals surface area contributed by atoms with Gasteiger partial charge in [0.15, 0.2) is 0 Å². The maximum Gasteiger partial charge on any atom is 0.338 e. The normalized spacial score (nSPS) is 16.9. The molecule has 1 saturated heterocycles. The number of hydrogen-bond donors (Lipinski definition) is 1. The van der Waals surface area contributed by atoms with Crippen LogP contribution in [0, 0.1) is 0 Å².